The van der Waals surface area contributed by atoms with E-state index in [4.69, 9.17) is 4.74 Å². The monoisotopic (exact) mass is 343 g/mol. The molecule has 23 heavy (non-hydrogen) atoms. The fourth-order valence-corrected chi connectivity index (χ4v) is 4.97. The van der Waals surface area contributed by atoms with Crippen molar-refractivity contribution in [2.24, 2.45) is 0 Å². The third kappa shape index (κ3) is 3.86. The summed E-state index contributed by atoms with van der Waals surface area (Å²) in [5.74, 6) is 0.468. The molecule has 1 aromatic heterocycles. The predicted octanol–water partition coefficient (Wildman–Crippen LogP) is 4.19. The van der Waals surface area contributed by atoms with E-state index >= 15 is 0 Å². The lowest BCUT2D eigenvalue weighted by molar-refractivity contribution is 0.412. The minimum Gasteiger partial charge on any atom is -0.473 e. The number of methoxy groups -OCH3 is 1. The molecule has 3 rings (SSSR count). The first-order chi connectivity index (χ1) is 11.3. The molecule has 0 bridgehead atoms. The Morgan fingerprint density at radius 3 is 2.09 bits per heavy atom. The second-order valence-electron chi connectivity index (χ2n) is 5.02. The van der Waals surface area contributed by atoms with Crippen LogP contribution in [0.2, 0.25) is 0 Å². The van der Waals surface area contributed by atoms with Gasteiger partial charge in [0.2, 0.25) is 0 Å². The molecule has 1 heterocycles. The fourth-order valence-electron chi connectivity index (χ4n) is 2.43. The summed E-state index contributed by atoms with van der Waals surface area (Å²) in [6, 6.07) is 20.0. The molecule has 0 saturated heterocycles. The maximum Gasteiger partial charge on any atom is 0.273 e. The lowest BCUT2D eigenvalue weighted by Crippen LogP contribution is -2.10. The zero-order valence-corrected chi connectivity index (χ0v) is 14.3. The Bertz CT molecular complexity index is 732. The van der Waals surface area contributed by atoms with Crippen LogP contribution in [0.3, 0.4) is 0 Å². The van der Waals surface area contributed by atoms with E-state index in [2.05, 4.69) is 4.98 Å². The standard InChI is InChI=1S/C18H17NO2S2/c1-21-18-19-12-16(22-18)13-23(20)17(14-8-4-2-5-9-14)15-10-6-3-7-11-15/h2-12,17H,13H2,1H3. The zero-order chi connectivity index (χ0) is 16.1. The van der Waals surface area contributed by atoms with Gasteiger partial charge in [-0.05, 0) is 11.1 Å². The Morgan fingerprint density at radius 2 is 1.61 bits per heavy atom. The highest BCUT2D eigenvalue weighted by atomic mass is 32.2. The molecule has 0 N–H and O–H groups in total. The van der Waals surface area contributed by atoms with E-state index in [1.807, 2.05) is 60.7 Å². The van der Waals surface area contributed by atoms with Crippen molar-refractivity contribution in [2.75, 3.05) is 7.11 Å². The van der Waals surface area contributed by atoms with Gasteiger partial charge in [-0.15, -0.1) is 0 Å². The molecule has 0 radical (unpaired) electrons. The van der Waals surface area contributed by atoms with Crippen molar-refractivity contribution >= 4 is 22.1 Å². The van der Waals surface area contributed by atoms with E-state index in [1.54, 1.807) is 13.3 Å². The summed E-state index contributed by atoms with van der Waals surface area (Å²) in [5.41, 5.74) is 2.13. The molecule has 0 aliphatic heterocycles. The summed E-state index contributed by atoms with van der Waals surface area (Å²) in [7, 11) is 0.509. The quantitative estimate of drug-likeness (QED) is 0.674. The molecule has 0 fully saturated rings. The van der Waals surface area contributed by atoms with Gasteiger partial charge >= 0.3 is 0 Å². The number of ether oxygens (including phenoxy) is 1. The molecular formula is C18H17NO2S2. The molecule has 1 unspecified atom stereocenters. The first kappa shape index (κ1) is 15.9. The highest BCUT2D eigenvalue weighted by molar-refractivity contribution is 7.84. The third-order valence-corrected chi connectivity index (χ3v) is 6.27. The largest absolute Gasteiger partial charge is 0.473 e. The van der Waals surface area contributed by atoms with Gasteiger partial charge in [0.05, 0.1) is 18.1 Å². The highest BCUT2D eigenvalue weighted by Crippen LogP contribution is 2.31. The van der Waals surface area contributed by atoms with Crippen LogP contribution in [-0.2, 0) is 16.6 Å². The van der Waals surface area contributed by atoms with E-state index < -0.39 is 10.8 Å². The molecule has 0 spiro atoms. The molecular weight excluding hydrogens is 326 g/mol. The Balaban J connectivity index is 1.90. The van der Waals surface area contributed by atoms with Crippen LogP contribution in [0, 0.1) is 0 Å². The lowest BCUT2D eigenvalue weighted by Gasteiger charge is -2.17. The second kappa shape index (κ2) is 7.53. The molecule has 3 nitrogen and oxygen atoms in total. The lowest BCUT2D eigenvalue weighted by atomic mass is 10.0. The van der Waals surface area contributed by atoms with Crippen LogP contribution in [0.4, 0.5) is 0 Å². The normalized spacial score (nSPS) is 12.3. The van der Waals surface area contributed by atoms with Crippen LogP contribution in [0.15, 0.2) is 66.9 Å². The molecule has 0 saturated carbocycles. The van der Waals surface area contributed by atoms with Crippen molar-refractivity contribution in [3.8, 4) is 5.19 Å². The molecule has 0 amide bonds. The first-order valence-corrected chi connectivity index (χ1v) is 9.43. The summed E-state index contributed by atoms with van der Waals surface area (Å²) in [4.78, 5) is 5.12. The number of hydrogen-bond acceptors (Lipinski definition) is 4. The summed E-state index contributed by atoms with van der Waals surface area (Å²) in [5, 5.41) is 0.457. The number of nitrogens with zero attached hydrogens (tertiary/aromatic N) is 1. The van der Waals surface area contributed by atoms with Gasteiger partial charge in [-0.25, -0.2) is 4.98 Å². The van der Waals surface area contributed by atoms with Crippen molar-refractivity contribution in [1.29, 1.82) is 0 Å². The molecule has 118 valence electrons. The smallest absolute Gasteiger partial charge is 0.273 e. The number of benzene rings is 2. The van der Waals surface area contributed by atoms with E-state index in [9.17, 15) is 4.21 Å². The van der Waals surface area contributed by atoms with Gasteiger partial charge in [0, 0.05) is 21.9 Å². The van der Waals surface area contributed by atoms with Crippen LogP contribution >= 0.6 is 11.3 Å². The van der Waals surface area contributed by atoms with Crippen molar-refractivity contribution in [3.05, 3.63) is 82.9 Å². The maximum atomic E-state index is 13.1. The van der Waals surface area contributed by atoms with Crippen molar-refractivity contribution in [2.45, 2.75) is 11.0 Å². The molecule has 5 heteroatoms. The minimum absolute atomic E-state index is 0.148. The van der Waals surface area contributed by atoms with Gasteiger partial charge in [0.1, 0.15) is 0 Å². The third-order valence-electron chi connectivity index (χ3n) is 3.46. The minimum atomic E-state index is -1.08. The fraction of sp³-hybridized carbons (Fsp3) is 0.167. The first-order valence-electron chi connectivity index (χ1n) is 7.23. The average molecular weight is 343 g/mol. The Kier molecular flexibility index (Phi) is 5.20. The van der Waals surface area contributed by atoms with Gasteiger partial charge < -0.3 is 4.74 Å². The number of rotatable bonds is 6. The van der Waals surface area contributed by atoms with Crippen LogP contribution in [0.5, 0.6) is 5.19 Å². The zero-order valence-electron chi connectivity index (χ0n) is 12.7. The number of aromatic nitrogens is 1. The Labute approximate surface area is 142 Å². The Morgan fingerprint density at radius 1 is 1.04 bits per heavy atom. The average Bonchev–Trinajstić information content (AvgIpc) is 3.04. The van der Waals surface area contributed by atoms with E-state index in [0.717, 1.165) is 16.0 Å². The summed E-state index contributed by atoms with van der Waals surface area (Å²) in [6.45, 7) is 0. The SMILES string of the molecule is COc1ncc(CS(=O)C(c2ccccc2)c2ccccc2)s1. The molecule has 3 aromatic rings. The summed E-state index contributed by atoms with van der Waals surface area (Å²) >= 11 is 1.44. The van der Waals surface area contributed by atoms with Gasteiger partial charge in [-0.1, -0.05) is 72.0 Å². The molecule has 0 aliphatic rings. The van der Waals surface area contributed by atoms with E-state index in [0.29, 0.717) is 10.9 Å². The van der Waals surface area contributed by atoms with Gasteiger partial charge in [0.15, 0.2) is 0 Å². The van der Waals surface area contributed by atoms with Crippen molar-refractivity contribution in [1.82, 2.24) is 4.98 Å². The van der Waals surface area contributed by atoms with Crippen LogP contribution in [0.25, 0.3) is 0 Å². The number of thiazole rings is 1. The topological polar surface area (TPSA) is 39.2 Å². The van der Waals surface area contributed by atoms with Crippen LogP contribution < -0.4 is 4.74 Å². The maximum absolute atomic E-state index is 13.1. The Hall–Kier alpha value is -1.98. The van der Waals surface area contributed by atoms with Crippen LogP contribution in [0.1, 0.15) is 21.3 Å². The van der Waals surface area contributed by atoms with E-state index in [-0.39, 0.29) is 5.25 Å². The summed E-state index contributed by atoms with van der Waals surface area (Å²) in [6.07, 6.45) is 1.74. The second-order valence-corrected chi connectivity index (χ2v) is 7.62. The van der Waals surface area contributed by atoms with Gasteiger partial charge in [0.25, 0.3) is 5.19 Å². The van der Waals surface area contributed by atoms with Crippen LogP contribution in [-0.4, -0.2) is 16.3 Å². The van der Waals surface area contributed by atoms with E-state index in [1.165, 1.54) is 11.3 Å². The predicted molar refractivity (Wildman–Crippen MR) is 95.2 cm³/mol. The van der Waals surface area contributed by atoms with Gasteiger partial charge in [-0.3, -0.25) is 4.21 Å². The van der Waals surface area contributed by atoms with Crippen molar-refractivity contribution in [3.63, 3.8) is 0 Å². The molecule has 2 aromatic carbocycles. The number of hydrogen-bond donors (Lipinski definition) is 0. The molecule has 0 aliphatic carbocycles. The van der Waals surface area contributed by atoms with Gasteiger partial charge in [-0.2, -0.15) is 0 Å². The summed E-state index contributed by atoms with van der Waals surface area (Å²) < 4.78 is 18.2. The molecule has 1 atom stereocenters. The van der Waals surface area contributed by atoms with Crippen molar-refractivity contribution < 1.29 is 8.95 Å². The highest BCUT2D eigenvalue weighted by Gasteiger charge is 2.22.